The van der Waals surface area contributed by atoms with E-state index in [1.54, 1.807) is 36.3 Å². The van der Waals surface area contributed by atoms with Gasteiger partial charge in [-0.2, -0.15) is 13.2 Å². The Hall–Kier alpha value is -4.60. The SMILES string of the molecule is COc1ccc(C(=O)N2CCN(c3nc(-c4cccc(C(F)(F)F)c4)nc(C)c3Cc3ccccc3)CC2)c(OC)c1. The van der Waals surface area contributed by atoms with E-state index in [1.807, 2.05) is 37.3 Å². The highest BCUT2D eigenvalue weighted by Gasteiger charge is 2.31. The Balaban J connectivity index is 1.45. The summed E-state index contributed by atoms with van der Waals surface area (Å²) in [5.41, 5.74) is 2.64. The number of anilines is 1. The van der Waals surface area contributed by atoms with Crippen LogP contribution < -0.4 is 14.4 Å². The standard InChI is InChI=1S/C32H31F3N4O3/c1-21-27(18-22-8-5-4-6-9-22)30(37-29(36-21)23-10-7-11-24(19-23)32(33,34)35)38-14-16-39(17-15-38)31(40)26-13-12-25(41-2)20-28(26)42-3/h4-13,19-20H,14-18H2,1-3H3. The third kappa shape index (κ3) is 6.17. The van der Waals surface area contributed by atoms with Crippen LogP contribution in [0, 0.1) is 6.92 Å². The molecule has 3 aromatic carbocycles. The predicted molar refractivity (Wildman–Crippen MR) is 154 cm³/mol. The summed E-state index contributed by atoms with van der Waals surface area (Å²) < 4.78 is 51.0. The maximum absolute atomic E-state index is 13.5. The number of aryl methyl sites for hydroxylation is 1. The van der Waals surface area contributed by atoms with Crippen LogP contribution in [0.25, 0.3) is 11.4 Å². The lowest BCUT2D eigenvalue weighted by Gasteiger charge is -2.36. The van der Waals surface area contributed by atoms with Gasteiger partial charge in [0.1, 0.15) is 17.3 Å². The molecule has 10 heteroatoms. The molecule has 7 nitrogen and oxygen atoms in total. The first-order valence-electron chi connectivity index (χ1n) is 13.5. The largest absolute Gasteiger partial charge is 0.497 e. The van der Waals surface area contributed by atoms with Crippen molar-refractivity contribution in [2.75, 3.05) is 45.3 Å². The number of carbonyl (C=O) groups excluding carboxylic acids is 1. The van der Waals surface area contributed by atoms with Crippen LogP contribution in [-0.2, 0) is 12.6 Å². The van der Waals surface area contributed by atoms with E-state index in [-0.39, 0.29) is 11.7 Å². The van der Waals surface area contributed by atoms with Gasteiger partial charge in [0.05, 0.1) is 25.3 Å². The Morgan fingerprint density at radius 1 is 0.881 bits per heavy atom. The number of aromatic nitrogens is 2. The number of carbonyl (C=O) groups is 1. The van der Waals surface area contributed by atoms with E-state index < -0.39 is 11.7 Å². The molecule has 0 atom stereocenters. The fourth-order valence-electron chi connectivity index (χ4n) is 5.08. The number of amides is 1. The van der Waals surface area contributed by atoms with E-state index in [1.165, 1.54) is 13.2 Å². The second-order valence-electron chi connectivity index (χ2n) is 10.0. The first kappa shape index (κ1) is 28.9. The normalized spacial score (nSPS) is 13.7. The van der Waals surface area contributed by atoms with Gasteiger partial charge in [-0.25, -0.2) is 9.97 Å². The molecule has 0 saturated carbocycles. The molecule has 1 aliphatic rings. The van der Waals surface area contributed by atoms with Crippen molar-refractivity contribution in [1.82, 2.24) is 14.9 Å². The number of piperazine rings is 1. The van der Waals surface area contributed by atoms with Crippen LogP contribution >= 0.6 is 0 Å². The van der Waals surface area contributed by atoms with E-state index in [0.29, 0.717) is 66.7 Å². The fourth-order valence-corrected chi connectivity index (χ4v) is 5.08. The van der Waals surface area contributed by atoms with E-state index >= 15 is 0 Å². The third-order valence-electron chi connectivity index (χ3n) is 7.37. The van der Waals surface area contributed by atoms with Gasteiger partial charge in [0.25, 0.3) is 5.91 Å². The molecule has 0 spiro atoms. The quantitative estimate of drug-likeness (QED) is 0.267. The van der Waals surface area contributed by atoms with Crippen molar-refractivity contribution in [3.63, 3.8) is 0 Å². The number of hydrogen-bond acceptors (Lipinski definition) is 6. The van der Waals surface area contributed by atoms with Crippen molar-refractivity contribution in [1.29, 1.82) is 0 Å². The molecular weight excluding hydrogens is 545 g/mol. The number of alkyl halides is 3. The molecule has 0 aliphatic carbocycles. The van der Waals surface area contributed by atoms with Crippen LogP contribution in [0.4, 0.5) is 19.0 Å². The number of benzene rings is 3. The summed E-state index contributed by atoms with van der Waals surface area (Å²) in [5, 5.41) is 0. The van der Waals surface area contributed by atoms with Gasteiger partial charge in [-0.1, -0.05) is 42.5 Å². The molecule has 1 amide bonds. The third-order valence-corrected chi connectivity index (χ3v) is 7.37. The molecule has 0 unspecified atom stereocenters. The minimum atomic E-state index is -4.48. The van der Waals surface area contributed by atoms with E-state index in [4.69, 9.17) is 14.5 Å². The maximum atomic E-state index is 13.5. The molecule has 1 saturated heterocycles. The fraction of sp³-hybridized carbons (Fsp3) is 0.281. The zero-order chi connectivity index (χ0) is 29.9. The Bertz CT molecular complexity index is 1570. The average molecular weight is 577 g/mol. The number of methoxy groups -OCH3 is 2. The van der Waals surface area contributed by atoms with E-state index in [9.17, 15) is 18.0 Å². The molecule has 5 rings (SSSR count). The Labute approximate surface area is 242 Å². The van der Waals surface area contributed by atoms with Crippen LogP contribution in [0.3, 0.4) is 0 Å². The Morgan fingerprint density at radius 2 is 1.62 bits per heavy atom. The summed E-state index contributed by atoms with van der Waals surface area (Å²) in [6.45, 7) is 3.70. The summed E-state index contributed by atoms with van der Waals surface area (Å²) in [5.74, 6) is 1.76. The number of hydrogen-bond donors (Lipinski definition) is 0. The van der Waals surface area contributed by atoms with Gasteiger partial charge in [-0.05, 0) is 36.8 Å². The van der Waals surface area contributed by atoms with Gasteiger partial charge in [0.15, 0.2) is 5.82 Å². The molecule has 1 aliphatic heterocycles. The van der Waals surface area contributed by atoms with Crippen molar-refractivity contribution >= 4 is 11.7 Å². The molecule has 0 N–H and O–H groups in total. The van der Waals surface area contributed by atoms with Crippen molar-refractivity contribution in [3.05, 3.63) is 101 Å². The van der Waals surface area contributed by atoms with Gasteiger partial charge >= 0.3 is 6.18 Å². The zero-order valence-electron chi connectivity index (χ0n) is 23.6. The molecule has 0 bridgehead atoms. The average Bonchev–Trinajstić information content (AvgIpc) is 3.01. The minimum absolute atomic E-state index is 0.151. The van der Waals surface area contributed by atoms with Crippen molar-refractivity contribution in [2.24, 2.45) is 0 Å². The molecule has 42 heavy (non-hydrogen) atoms. The second kappa shape index (κ2) is 12.1. The maximum Gasteiger partial charge on any atom is 0.416 e. The summed E-state index contributed by atoms with van der Waals surface area (Å²) in [7, 11) is 3.06. The lowest BCUT2D eigenvalue weighted by atomic mass is 10.0. The number of rotatable bonds is 7. The number of nitrogens with zero attached hydrogens (tertiary/aromatic N) is 4. The summed E-state index contributed by atoms with van der Waals surface area (Å²) in [6.07, 6.45) is -3.91. The van der Waals surface area contributed by atoms with Gasteiger partial charge in [-0.3, -0.25) is 4.79 Å². The first-order chi connectivity index (χ1) is 20.2. The molecule has 2 heterocycles. The van der Waals surface area contributed by atoms with Crippen molar-refractivity contribution < 1.29 is 27.4 Å². The highest BCUT2D eigenvalue weighted by Crippen LogP contribution is 2.33. The molecule has 1 aromatic heterocycles. The molecule has 0 radical (unpaired) electrons. The summed E-state index contributed by atoms with van der Waals surface area (Å²) in [4.78, 5) is 26.7. The Kier molecular flexibility index (Phi) is 8.33. The van der Waals surface area contributed by atoms with Crippen molar-refractivity contribution in [2.45, 2.75) is 19.5 Å². The van der Waals surface area contributed by atoms with Crippen LogP contribution in [0.2, 0.25) is 0 Å². The zero-order valence-corrected chi connectivity index (χ0v) is 23.6. The molecule has 1 fully saturated rings. The van der Waals surface area contributed by atoms with Crippen LogP contribution in [0.5, 0.6) is 11.5 Å². The van der Waals surface area contributed by atoms with Gasteiger partial charge < -0.3 is 19.3 Å². The number of halogens is 3. The van der Waals surface area contributed by atoms with E-state index in [2.05, 4.69) is 9.88 Å². The highest BCUT2D eigenvalue weighted by atomic mass is 19.4. The van der Waals surface area contributed by atoms with Crippen LogP contribution in [0.15, 0.2) is 72.8 Å². The van der Waals surface area contributed by atoms with E-state index in [0.717, 1.165) is 23.3 Å². The lowest BCUT2D eigenvalue weighted by Crippen LogP contribution is -2.49. The van der Waals surface area contributed by atoms with Gasteiger partial charge in [0.2, 0.25) is 0 Å². The monoisotopic (exact) mass is 576 g/mol. The van der Waals surface area contributed by atoms with Crippen LogP contribution in [0.1, 0.15) is 32.7 Å². The molecule has 4 aromatic rings. The minimum Gasteiger partial charge on any atom is -0.497 e. The Morgan fingerprint density at radius 3 is 2.29 bits per heavy atom. The second-order valence-corrected chi connectivity index (χ2v) is 10.0. The lowest BCUT2D eigenvalue weighted by molar-refractivity contribution is -0.137. The first-order valence-corrected chi connectivity index (χ1v) is 13.5. The topological polar surface area (TPSA) is 67.8 Å². The van der Waals surface area contributed by atoms with Gasteiger partial charge in [-0.15, -0.1) is 0 Å². The molecule has 218 valence electrons. The van der Waals surface area contributed by atoms with Crippen molar-refractivity contribution in [3.8, 4) is 22.9 Å². The molecular formula is C32H31F3N4O3. The number of ether oxygens (including phenoxy) is 2. The highest BCUT2D eigenvalue weighted by molar-refractivity contribution is 5.97. The van der Waals surface area contributed by atoms with Gasteiger partial charge in [0, 0.05) is 55.5 Å². The smallest absolute Gasteiger partial charge is 0.416 e. The summed E-state index contributed by atoms with van der Waals surface area (Å²) >= 11 is 0. The predicted octanol–water partition coefficient (Wildman–Crippen LogP) is 6.04. The summed E-state index contributed by atoms with van der Waals surface area (Å²) in [6, 6.07) is 20.1. The van der Waals surface area contributed by atoms with Crippen LogP contribution in [-0.4, -0.2) is 61.2 Å².